The molecule has 3 N–H and O–H groups in total. The first-order valence-electron chi connectivity index (χ1n) is 7.96. The van der Waals surface area contributed by atoms with Crippen LogP contribution in [0.1, 0.15) is 6.92 Å². The molecule has 0 spiro atoms. The molecule has 0 heterocycles. The first-order valence-corrected chi connectivity index (χ1v) is 9.78. The zero-order valence-corrected chi connectivity index (χ0v) is 19.3. The molecule has 0 fully saturated rings. The molecule has 0 saturated carbocycles. The van der Waals surface area contributed by atoms with E-state index in [0.29, 0.717) is 16.5 Å². The number of aliphatic imine (C=N–C) groups is 1. The van der Waals surface area contributed by atoms with Crippen LogP contribution >= 0.6 is 11.6 Å². The van der Waals surface area contributed by atoms with E-state index in [1.807, 2.05) is 0 Å². The summed E-state index contributed by atoms with van der Waals surface area (Å²) in [5, 5.41) is 40.1. The Kier molecular flexibility index (Phi) is 7.45. The maximum absolute atomic E-state index is 11.4. The summed E-state index contributed by atoms with van der Waals surface area (Å²) in [6.07, 6.45) is 0. The van der Waals surface area contributed by atoms with Crippen LogP contribution in [0, 0.1) is 0 Å². The Bertz CT molecular complexity index is 1290. The van der Waals surface area contributed by atoms with Gasteiger partial charge in [0.15, 0.2) is 5.75 Å². The molecule has 3 rings (SSSR count). The van der Waals surface area contributed by atoms with E-state index in [4.69, 9.17) is 11.6 Å². The van der Waals surface area contributed by atoms with E-state index in [1.54, 1.807) is 24.3 Å². The molecule has 0 bridgehead atoms. The predicted molar refractivity (Wildman–Crippen MR) is 105 cm³/mol. The summed E-state index contributed by atoms with van der Waals surface area (Å²) in [5.41, 5.74) is 0.0210. The minimum atomic E-state index is -4.75. The Morgan fingerprint density at radius 2 is 1.73 bits per heavy atom. The first kappa shape index (κ1) is 24.1. The van der Waals surface area contributed by atoms with Crippen molar-refractivity contribution in [1.82, 2.24) is 0 Å². The molecular weight excluding hydrogens is 445 g/mol. The second-order valence-electron chi connectivity index (χ2n) is 5.88. The predicted octanol–water partition coefficient (Wildman–Crippen LogP) is 0.981. The van der Waals surface area contributed by atoms with Gasteiger partial charge in [-0.3, -0.25) is 9.55 Å². The minimum absolute atomic E-state index is 0. The number of nitrogens with zero attached hydrogens (tertiary/aromatic N) is 3. The van der Waals surface area contributed by atoms with Gasteiger partial charge in [0.2, 0.25) is 0 Å². The van der Waals surface area contributed by atoms with E-state index in [1.165, 1.54) is 13.0 Å². The van der Waals surface area contributed by atoms with E-state index in [2.05, 4.69) is 15.2 Å². The number of fused-ring (bicyclic) bond motifs is 1. The molecule has 0 aliphatic rings. The van der Waals surface area contributed by atoms with Crippen molar-refractivity contribution in [2.24, 2.45) is 15.2 Å². The zero-order chi connectivity index (χ0) is 21.3. The maximum atomic E-state index is 11.4. The number of phenols is 2. The molecule has 3 aromatic carbocycles. The summed E-state index contributed by atoms with van der Waals surface area (Å²) >= 11 is 5.82. The number of hydrogen-bond acceptors (Lipinski definition) is 8. The van der Waals surface area contributed by atoms with E-state index in [9.17, 15) is 28.3 Å². The van der Waals surface area contributed by atoms with Gasteiger partial charge in [-0.2, -0.15) is 8.42 Å². The fourth-order valence-corrected chi connectivity index (χ4v) is 3.53. The smallest absolute Gasteiger partial charge is 0.862 e. The van der Waals surface area contributed by atoms with Gasteiger partial charge in [0.1, 0.15) is 22.0 Å². The molecule has 0 atom stereocenters. The molecule has 3 aromatic rings. The fourth-order valence-electron chi connectivity index (χ4n) is 2.62. The van der Waals surface area contributed by atoms with E-state index in [0.717, 1.165) is 12.1 Å². The van der Waals surface area contributed by atoms with Gasteiger partial charge in [0, 0.05) is 15.8 Å². The average Bonchev–Trinajstić information content (AvgIpc) is 2.62. The van der Waals surface area contributed by atoms with Crippen molar-refractivity contribution in [3.05, 3.63) is 47.5 Å². The van der Waals surface area contributed by atoms with Gasteiger partial charge in [-0.25, -0.2) is 0 Å². The van der Waals surface area contributed by atoms with Gasteiger partial charge >= 0.3 is 29.6 Å². The molecule has 30 heavy (non-hydrogen) atoms. The monoisotopic (exact) mass is 457 g/mol. The summed E-state index contributed by atoms with van der Waals surface area (Å²) in [4.78, 5) is 3.07. The van der Waals surface area contributed by atoms with Crippen molar-refractivity contribution in [2.75, 3.05) is 0 Å². The normalized spacial score (nSPS) is 12.3. The average molecular weight is 458 g/mol. The molecule has 0 aliphatic heterocycles. The minimum Gasteiger partial charge on any atom is -0.862 e. The zero-order valence-electron chi connectivity index (χ0n) is 15.7. The Morgan fingerprint density at radius 3 is 2.37 bits per heavy atom. The Hall–Kier alpha value is -2.21. The second-order valence-corrected chi connectivity index (χ2v) is 7.71. The number of hydrogen-bond donors (Lipinski definition) is 3. The largest absolute Gasteiger partial charge is 1.00 e. The number of phenolic OH excluding ortho intramolecular Hbond substituents is 2. The Balaban J connectivity index is 0.00000320. The van der Waals surface area contributed by atoms with Crippen molar-refractivity contribution in [3.63, 3.8) is 0 Å². The topological polar surface area (TPSA) is 155 Å². The number of rotatable bonds is 4. The van der Waals surface area contributed by atoms with Crippen molar-refractivity contribution in [2.45, 2.75) is 11.8 Å². The number of halogens is 1. The van der Waals surface area contributed by atoms with Crippen molar-refractivity contribution < 1.29 is 57.8 Å². The van der Waals surface area contributed by atoms with E-state index < -0.39 is 26.7 Å². The molecule has 9 nitrogen and oxygen atoms in total. The van der Waals surface area contributed by atoms with Gasteiger partial charge in [-0.15, -0.1) is 10.2 Å². The molecule has 150 valence electrons. The Labute approximate surface area is 198 Å². The van der Waals surface area contributed by atoms with Gasteiger partial charge < -0.3 is 15.3 Å². The van der Waals surface area contributed by atoms with Gasteiger partial charge in [-0.1, -0.05) is 23.7 Å². The molecule has 0 aliphatic carbocycles. The number of azo groups is 1. The van der Waals surface area contributed by atoms with Crippen molar-refractivity contribution in [3.8, 4) is 11.5 Å². The van der Waals surface area contributed by atoms with Gasteiger partial charge in [0.05, 0.1) is 5.69 Å². The molecule has 0 aromatic heterocycles. The first-order chi connectivity index (χ1) is 13.6. The SMILES string of the molecule is CC([O-])=Nc1cccc2c(N=Nc3cc(Cl)cc(S(=O)(=O)O)c3O)c(O)ccc12.[Na+]. The fraction of sp³-hybridized carbons (Fsp3) is 0.0556. The number of benzene rings is 3. The summed E-state index contributed by atoms with van der Waals surface area (Å²) in [5.74, 6) is -1.51. The van der Waals surface area contributed by atoms with E-state index >= 15 is 0 Å². The van der Waals surface area contributed by atoms with Crippen LogP contribution in [-0.2, 0) is 10.1 Å². The molecule has 0 amide bonds. The maximum Gasteiger partial charge on any atom is 1.00 e. The van der Waals surface area contributed by atoms with Gasteiger partial charge in [0.25, 0.3) is 10.1 Å². The summed E-state index contributed by atoms with van der Waals surface area (Å²) in [6, 6.07) is 9.71. The van der Waals surface area contributed by atoms with Crippen LogP contribution in [0.2, 0.25) is 5.02 Å². The van der Waals surface area contributed by atoms with Crippen LogP contribution in [0.3, 0.4) is 0 Å². The van der Waals surface area contributed by atoms with Crippen molar-refractivity contribution >= 4 is 55.5 Å². The van der Waals surface area contributed by atoms with E-state index in [-0.39, 0.29) is 51.7 Å². The molecule has 0 saturated heterocycles. The third-order valence-corrected chi connectivity index (χ3v) is 4.91. The van der Waals surface area contributed by atoms with Crippen LogP contribution < -0.4 is 34.7 Å². The molecule has 12 heteroatoms. The van der Waals surface area contributed by atoms with Crippen LogP contribution in [0.4, 0.5) is 17.1 Å². The third-order valence-electron chi connectivity index (χ3n) is 3.82. The van der Waals surface area contributed by atoms with Crippen LogP contribution in [0.5, 0.6) is 11.5 Å². The third kappa shape index (κ3) is 5.09. The second kappa shape index (κ2) is 9.29. The molecular formula is C18H13ClN3NaO6S. The quantitative estimate of drug-likeness (QED) is 0.174. The number of aromatic hydroxyl groups is 2. The van der Waals surface area contributed by atoms with Crippen LogP contribution in [0.25, 0.3) is 10.8 Å². The summed E-state index contributed by atoms with van der Waals surface area (Å²) < 4.78 is 31.9. The summed E-state index contributed by atoms with van der Waals surface area (Å²) in [7, 11) is -4.75. The van der Waals surface area contributed by atoms with Crippen molar-refractivity contribution in [1.29, 1.82) is 0 Å². The van der Waals surface area contributed by atoms with Crippen LogP contribution in [0.15, 0.2) is 62.6 Å². The van der Waals surface area contributed by atoms with Crippen LogP contribution in [-0.4, -0.2) is 29.1 Å². The van der Waals surface area contributed by atoms with Gasteiger partial charge in [-0.05, 0) is 43.2 Å². The Morgan fingerprint density at radius 1 is 1.03 bits per heavy atom. The summed E-state index contributed by atoms with van der Waals surface area (Å²) in [6.45, 7) is 1.30. The standard InChI is InChI=1S/C18H14ClN3O6S.Na/c1-9(23)20-13-4-2-3-12-11(13)5-6-15(24)17(12)22-21-14-7-10(19)8-16(18(14)25)29(26,27)28;/h2-8,24-25H,1H3,(H,20,23)(H,26,27,28);/q;+1/p-1. The molecule has 0 unspecified atom stereocenters. The molecule has 0 radical (unpaired) electrons.